The van der Waals surface area contributed by atoms with E-state index in [4.69, 9.17) is 9.47 Å². The molecule has 2 rings (SSSR count). The SMILES string of the molecule is COC(=O)c1ccccc1OC(=O)Oc1ccc([N+](=O)[O-])cc1. The van der Waals surface area contributed by atoms with E-state index in [1.54, 1.807) is 12.1 Å². The molecule has 0 saturated carbocycles. The van der Waals surface area contributed by atoms with Crippen molar-refractivity contribution in [2.45, 2.75) is 0 Å². The minimum Gasteiger partial charge on any atom is -0.465 e. The number of rotatable bonds is 4. The second-order valence-electron chi connectivity index (χ2n) is 4.19. The first-order valence-corrected chi connectivity index (χ1v) is 6.32. The molecule has 8 heteroatoms. The van der Waals surface area contributed by atoms with Crippen molar-refractivity contribution >= 4 is 17.8 Å². The van der Waals surface area contributed by atoms with Crippen LogP contribution in [0.25, 0.3) is 0 Å². The number of para-hydroxylation sites is 1. The van der Waals surface area contributed by atoms with Crippen molar-refractivity contribution in [1.82, 2.24) is 0 Å². The Morgan fingerprint density at radius 2 is 1.65 bits per heavy atom. The van der Waals surface area contributed by atoms with Crippen molar-refractivity contribution in [2.75, 3.05) is 7.11 Å². The van der Waals surface area contributed by atoms with Gasteiger partial charge in [0, 0.05) is 12.1 Å². The van der Waals surface area contributed by atoms with Gasteiger partial charge >= 0.3 is 12.1 Å². The first-order chi connectivity index (χ1) is 11.0. The smallest absolute Gasteiger partial charge is 0.465 e. The fraction of sp³-hybridized carbons (Fsp3) is 0.0667. The molecule has 118 valence electrons. The summed E-state index contributed by atoms with van der Waals surface area (Å²) in [6.07, 6.45) is -1.09. The van der Waals surface area contributed by atoms with Gasteiger partial charge in [-0.15, -0.1) is 0 Å². The predicted molar refractivity (Wildman–Crippen MR) is 77.5 cm³/mol. The lowest BCUT2D eigenvalue weighted by Gasteiger charge is -2.08. The fourth-order valence-electron chi connectivity index (χ4n) is 1.68. The fourth-order valence-corrected chi connectivity index (χ4v) is 1.68. The topological polar surface area (TPSA) is 105 Å². The van der Waals surface area contributed by atoms with Crippen LogP contribution in [0.3, 0.4) is 0 Å². The van der Waals surface area contributed by atoms with E-state index >= 15 is 0 Å². The van der Waals surface area contributed by atoms with E-state index in [1.165, 1.54) is 43.5 Å². The molecule has 0 unspecified atom stereocenters. The second-order valence-corrected chi connectivity index (χ2v) is 4.19. The number of nitrogens with zero attached hydrogens (tertiary/aromatic N) is 1. The molecule has 0 N–H and O–H groups in total. The summed E-state index contributed by atoms with van der Waals surface area (Å²) in [5, 5.41) is 10.5. The quantitative estimate of drug-likeness (QED) is 0.369. The Morgan fingerprint density at radius 1 is 1.00 bits per heavy atom. The molecule has 0 heterocycles. The molecule has 23 heavy (non-hydrogen) atoms. The monoisotopic (exact) mass is 317 g/mol. The lowest BCUT2D eigenvalue weighted by atomic mass is 10.2. The molecule has 0 aliphatic heterocycles. The number of esters is 1. The minimum absolute atomic E-state index is 0.0220. The standard InChI is InChI=1S/C15H11NO7/c1-21-14(17)12-4-2-3-5-13(12)23-15(18)22-11-8-6-10(7-9-11)16(19)20/h2-9H,1H3. The molecule has 0 aliphatic carbocycles. The third kappa shape index (κ3) is 4.03. The Kier molecular flexibility index (Phi) is 4.88. The number of hydrogen-bond donors (Lipinski definition) is 0. The molecule has 0 saturated heterocycles. The molecule has 2 aromatic rings. The summed E-state index contributed by atoms with van der Waals surface area (Å²) < 4.78 is 14.4. The molecule has 8 nitrogen and oxygen atoms in total. The minimum atomic E-state index is -1.09. The van der Waals surface area contributed by atoms with Crippen LogP contribution in [0.2, 0.25) is 0 Å². The van der Waals surface area contributed by atoms with E-state index < -0.39 is 17.0 Å². The summed E-state index contributed by atoms with van der Waals surface area (Å²) in [4.78, 5) is 33.3. The lowest BCUT2D eigenvalue weighted by Crippen LogP contribution is -2.16. The Bertz CT molecular complexity index is 740. The normalized spacial score (nSPS) is 9.78. The van der Waals surface area contributed by atoms with Gasteiger partial charge in [0.1, 0.15) is 17.1 Å². The zero-order valence-electron chi connectivity index (χ0n) is 11.9. The maximum atomic E-state index is 11.7. The molecule has 0 spiro atoms. The van der Waals surface area contributed by atoms with Gasteiger partial charge in [0.05, 0.1) is 12.0 Å². The average Bonchev–Trinajstić information content (AvgIpc) is 2.55. The van der Waals surface area contributed by atoms with Gasteiger partial charge in [-0.3, -0.25) is 10.1 Å². The van der Waals surface area contributed by atoms with Crippen LogP contribution in [-0.2, 0) is 4.74 Å². The molecule has 0 radical (unpaired) electrons. The van der Waals surface area contributed by atoms with E-state index in [-0.39, 0.29) is 22.7 Å². The van der Waals surface area contributed by atoms with Crippen molar-refractivity contribution in [2.24, 2.45) is 0 Å². The van der Waals surface area contributed by atoms with Gasteiger partial charge < -0.3 is 14.2 Å². The van der Waals surface area contributed by atoms with Crippen LogP contribution in [0.4, 0.5) is 10.5 Å². The number of methoxy groups -OCH3 is 1. The van der Waals surface area contributed by atoms with Crippen LogP contribution < -0.4 is 9.47 Å². The van der Waals surface area contributed by atoms with Crippen LogP contribution in [0, 0.1) is 10.1 Å². The highest BCUT2D eigenvalue weighted by Crippen LogP contribution is 2.21. The van der Waals surface area contributed by atoms with E-state index in [2.05, 4.69) is 4.74 Å². The number of ether oxygens (including phenoxy) is 3. The Balaban J connectivity index is 2.08. The molecule has 0 aromatic heterocycles. The first kappa shape index (κ1) is 16.0. The molecule has 0 amide bonds. The molecule has 2 aromatic carbocycles. The van der Waals surface area contributed by atoms with Gasteiger partial charge in [0.15, 0.2) is 0 Å². The number of carbonyl (C=O) groups excluding carboxylic acids is 2. The highest BCUT2D eigenvalue weighted by atomic mass is 16.7. The Hall–Kier alpha value is -3.42. The van der Waals surface area contributed by atoms with Crippen molar-refractivity contribution in [3.8, 4) is 11.5 Å². The zero-order chi connectivity index (χ0) is 16.8. The zero-order valence-corrected chi connectivity index (χ0v) is 11.9. The summed E-state index contributed by atoms with van der Waals surface area (Å²) in [6.45, 7) is 0. The number of nitro groups is 1. The van der Waals surface area contributed by atoms with Gasteiger partial charge in [-0.1, -0.05) is 12.1 Å². The number of hydrogen-bond acceptors (Lipinski definition) is 7. The molecular weight excluding hydrogens is 306 g/mol. The lowest BCUT2D eigenvalue weighted by molar-refractivity contribution is -0.384. The highest BCUT2D eigenvalue weighted by Gasteiger charge is 2.16. The first-order valence-electron chi connectivity index (χ1n) is 6.32. The van der Waals surface area contributed by atoms with Crippen LogP contribution >= 0.6 is 0 Å². The molecule has 0 fully saturated rings. The van der Waals surface area contributed by atoms with Gasteiger partial charge in [-0.2, -0.15) is 0 Å². The van der Waals surface area contributed by atoms with Gasteiger partial charge in [-0.25, -0.2) is 9.59 Å². The summed E-state index contributed by atoms with van der Waals surface area (Å²) in [7, 11) is 1.20. The van der Waals surface area contributed by atoms with Gasteiger partial charge in [0.2, 0.25) is 0 Å². The summed E-state index contributed by atoms with van der Waals surface area (Å²) in [6, 6.07) is 10.9. The number of nitro benzene ring substituents is 1. The number of non-ortho nitro benzene ring substituents is 1. The third-order valence-corrected chi connectivity index (χ3v) is 2.73. The molecule has 0 bridgehead atoms. The number of benzene rings is 2. The van der Waals surface area contributed by atoms with Crippen molar-refractivity contribution in [1.29, 1.82) is 0 Å². The van der Waals surface area contributed by atoms with Crippen LogP contribution in [-0.4, -0.2) is 24.2 Å². The highest BCUT2D eigenvalue weighted by molar-refractivity contribution is 5.93. The second kappa shape index (κ2) is 7.03. The van der Waals surface area contributed by atoms with E-state index in [9.17, 15) is 19.7 Å². The van der Waals surface area contributed by atoms with Crippen molar-refractivity contribution in [3.05, 3.63) is 64.2 Å². The molecule has 0 aliphatic rings. The van der Waals surface area contributed by atoms with Crippen molar-refractivity contribution < 1.29 is 28.7 Å². The maximum absolute atomic E-state index is 11.7. The Morgan fingerprint density at radius 3 is 2.26 bits per heavy atom. The largest absolute Gasteiger partial charge is 0.519 e. The summed E-state index contributed by atoms with van der Waals surface area (Å²) in [5.74, 6) is -0.619. The molecular formula is C15H11NO7. The Labute approximate surface area is 130 Å². The third-order valence-electron chi connectivity index (χ3n) is 2.73. The van der Waals surface area contributed by atoms with E-state index in [0.717, 1.165) is 0 Å². The van der Waals surface area contributed by atoms with E-state index in [1.807, 2.05) is 0 Å². The van der Waals surface area contributed by atoms with E-state index in [0.29, 0.717) is 0 Å². The van der Waals surface area contributed by atoms with Crippen LogP contribution in [0.1, 0.15) is 10.4 Å². The van der Waals surface area contributed by atoms with Crippen LogP contribution in [0.5, 0.6) is 11.5 Å². The average molecular weight is 317 g/mol. The maximum Gasteiger partial charge on any atom is 0.519 e. The summed E-state index contributed by atoms with van der Waals surface area (Å²) in [5.41, 5.74) is -0.0718. The van der Waals surface area contributed by atoms with Gasteiger partial charge in [-0.05, 0) is 24.3 Å². The predicted octanol–water partition coefficient (Wildman–Crippen LogP) is 2.96. The number of carbonyl (C=O) groups is 2. The molecule has 0 atom stereocenters. The summed E-state index contributed by atoms with van der Waals surface area (Å²) >= 11 is 0. The van der Waals surface area contributed by atoms with Gasteiger partial charge in [0.25, 0.3) is 5.69 Å². The van der Waals surface area contributed by atoms with Crippen molar-refractivity contribution in [3.63, 3.8) is 0 Å². The van der Waals surface area contributed by atoms with Crippen LogP contribution in [0.15, 0.2) is 48.5 Å².